The standard InChI is InChI=1S/C11H16IN3O/c12-10-9-7-13-3-4-15(9)11(14-10)8-1-5-16-6-2-8/h8,13H,1-7H2. The maximum absolute atomic E-state index is 5.42. The Morgan fingerprint density at radius 1 is 1.38 bits per heavy atom. The molecule has 0 aromatic carbocycles. The van der Waals surface area contributed by atoms with Gasteiger partial charge in [0.05, 0.1) is 5.69 Å². The fourth-order valence-corrected chi connectivity index (χ4v) is 3.29. The molecule has 5 heteroatoms. The first-order valence-electron chi connectivity index (χ1n) is 5.89. The van der Waals surface area contributed by atoms with E-state index in [2.05, 4.69) is 32.5 Å². The average Bonchev–Trinajstić information content (AvgIpc) is 2.69. The number of nitrogens with one attached hydrogen (secondary N) is 1. The highest BCUT2D eigenvalue weighted by Crippen LogP contribution is 2.29. The molecular formula is C11H16IN3O. The lowest BCUT2D eigenvalue weighted by Crippen LogP contribution is -2.30. The largest absolute Gasteiger partial charge is 0.381 e. The molecule has 0 bridgehead atoms. The molecule has 0 radical (unpaired) electrons. The van der Waals surface area contributed by atoms with Crippen LogP contribution in [0.5, 0.6) is 0 Å². The van der Waals surface area contributed by atoms with Crippen LogP contribution in [0.15, 0.2) is 0 Å². The summed E-state index contributed by atoms with van der Waals surface area (Å²) >= 11 is 2.36. The lowest BCUT2D eigenvalue weighted by Gasteiger charge is -2.25. The van der Waals surface area contributed by atoms with Gasteiger partial charge in [0.1, 0.15) is 9.53 Å². The smallest absolute Gasteiger partial charge is 0.124 e. The molecule has 1 fully saturated rings. The number of hydrogen-bond acceptors (Lipinski definition) is 3. The summed E-state index contributed by atoms with van der Waals surface area (Å²) < 4.78 is 9.02. The molecule has 3 heterocycles. The van der Waals surface area contributed by atoms with Crippen molar-refractivity contribution >= 4 is 22.6 Å². The molecule has 0 unspecified atom stereocenters. The highest BCUT2D eigenvalue weighted by atomic mass is 127. The van der Waals surface area contributed by atoms with Crippen LogP contribution in [0.4, 0.5) is 0 Å². The summed E-state index contributed by atoms with van der Waals surface area (Å²) in [5, 5.41) is 3.41. The molecule has 0 saturated carbocycles. The normalized spacial score (nSPS) is 22.1. The van der Waals surface area contributed by atoms with E-state index in [9.17, 15) is 0 Å². The van der Waals surface area contributed by atoms with Crippen LogP contribution in [-0.4, -0.2) is 29.3 Å². The third-order valence-electron chi connectivity index (χ3n) is 3.44. The first-order chi connectivity index (χ1) is 7.86. The molecule has 1 aromatic heterocycles. The zero-order valence-electron chi connectivity index (χ0n) is 9.21. The van der Waals surface area contributed by atoms with Crippen LogP contribution in [0.2, 0.25) is 0 Å². The minimum atomic E-state index is 0.606. The van der Waals surface area contributed by atoms with Gasteiger partial charge in [0, 0.05) is 38.8 Å². The minimum Gasteiger partial charge on any atom is -0.381 e. The summed E-state index contributed by atoms with van der Waals surface area (Å²) in [6.07, 6.45) is 2.25. The van der Waals surface area contributed by atoms with Gasteiger partial charge in [-0.2, -0.15) is 0 Å². The minimum absolute atomic E-state index is 0.606. The molecule has 1 aromatic rings. The zero-order valence-corrected chi connectivity index (χ0v) is 11.4. The zero-order chi connectivity index (χ0) is 11.0. The second-order valence-corrected chi connectivity index (χ2v) is 5.44. The van der Waals surface area contributed by atoms with Crippen molar-refractivity contribution in [2.45, 2.75) is 31.8 Å². The predicted octanol–water partition coefficient (Wildman–Crippen LogP) is 1.48. The Balaban J connectivity index is 1.93. The second kappa shape index (κ2) is 4.62. The van der Waals surface area contributed by atoms with Crippen molar-refractivity contribution in [3.63, 3.8) is 0 Å². The molecule has 0 atom stereocenters. The van der Waals surface area contributed by atoms with Gasteiger partial charge in [-0.25, -0.2) is 4.98 Å². The summed E-state index contributed by atoms with van der Waals surface area (Å²) in [5.41, 5.74) is 1.37. The molecule has 1 N–H and O–H groups in total. The van der Waals surface area contributed by atoms with Crippen molar-refractivity contribution in [3.8, 4) is 0 Å². The molecule has 2 aliphatic rings. The number of nitrogens with zero attached hydrogens (tertiary/aromatic N) is 2. The van der Waals surface area contributed by atoms with Crippen molar-refractivity contribution in [2.24, 2.45) is 0 Å². The lowest BCUT2D eigenvalue weighted by molar-refractivity contribution is 0.0826. The van der Waals surface area contributed by atoms with E-state index in [0.717, 1.165) is 45.7 Å². The predicted molar refractivity (Wildman–Crippen MR) is 69.4 cm³/mol. The topological polar surface area (TPSA) is 39.1 Å². The number of aromatic nitrogens is 2. The van der Waals surface area contributed by atoms with Crippen molar-refractivity contribution in [1.29, 1.82) is 0 Å². The van der Waals surface area contributed by atoms with Crippen molar-refractivity contribution in [2.75, 3.05) is 19.8 Å². The summed E-state index contributed by atoms with van der Waals surface area (Å²) in [7, 11) is 0. The van der Waals surface area contributed by atoms with Crippen molar-refractivity contribution < 1.29 is 4.74 Å². The molecule has 4 nitrogen and oxygen atoms in total. The number of imidazole rings is 1. The lowest BCUT2D eigenvalue weighted by atomic mass is 9.99. The molecule has 0 amide bonds. The van der Waals surface area contributed by atoms with Crippen molar-refractivity contribution in [1.82, 2.24) is 14.9 Å². The Hall–Kier alpha value is -0.140. The Kier molecular flexibility index (Phi) is 3.17. The Morgan fingerprint density at radius 3 is 3.00 bits per heavy atom. The molecule has 3 rings (SSSR count). The van der Waals surface area contributed by atoms with E-state index >= 15 is 0 Å². The number of fused-ring (bicyclic) bond motifs is 1. The van der Waals surface area contributed by atoms with Gasteiger partial charge in [-0.05, 0) is 35.4 Å². The number of rotatable bonds is 1. The first kappa shape index (κ1) is 11.0. The van der Waals surface area contributed by atoms with Gasteiger partial charge in [0.15, 0.2) is 0 Å². The summed E-state index contributed by atoms with van der Waals surface area (Å²) in [4.78, 5) is 4.77. The van der Waals surface area contributed by atoms with Crippen LogP contribution in [0.3, 0.4) is 0 Å². The molecule has 16 heavy (non-hydrogen) atoms. The first-order valence-corrected chi connectivity index (χ1v) is 6.97. The summed E-state index contributed by atoms with van der Waals surface area (Å²) in [6.45, 7) is 4.88. The molecule has 2 aliphatic heterocycles. The molecular weight excluding hydrogens is 317 g/mol. The van der Waals surface area contributed by atoms with E-state index in [1.54, 1.807) is 0 Å². The Morgan fingerprint density at radius 2 is 2.19 bits per heavy atom. The maximum atomic E-state index is 5.42. The third-order valence-corrected chi connectivity index (χ3v) is 4.31. The van der Waals surface area contributed by atoms with Crippen LogP contribution >= 0.6 is 22.6 Å². The van der Waals surface area contributed by atoms with Crippen LogP contribution in [-0.2, 0) is 17.8 Å². The SMILES string of the molecule is Ic1nc(C2CCOCC2)n2c1CNCC2. The van der Waals surface area contributed by atoms with E-state index < -0.39 is 0 Å². The van der Waals surface area contributed by atoms with Crippen LogP contribution in [0, 0.1) is 3.70 Å². The fraction of sp³-hybridized carbons (Fsp3) is 0.727. The monoisotopic (exact) mass is 333 g/mol. The average molecular weight is 333 g/mol. The van der Waals surface area contributed by atoms with Crippen LogP contribution in [0.1, 0.15) is 30.3 Å². The maximum Gasteiger partial charge on any atom is 0.124 e. The highest BCUT2D eigenvalue weighted by Gasteiger charge is 2.25. The summed E-state index contributed by atoms with van der Waals surface area (Å²) in [5.74, 6) is 1.90. The van der Waals surface area contributed by atoms with Gasteiger partial charge in [0.25, 0.3) is 0 Å². The van der Waals surface area contributed by atoms with Gasteiger partial charge < -0.3 is 14.6 Å². The quantitative estimate of drug-likeness (QED) is 0.792. The molecule has 1 saturated heterocycles. The number of ether oxygens (including phenoxy) is 1. The van der Waals surface area contributed by atoms with Gasteiger partial charge in [-0.3, -0.25) is 0 Å². The number of halogens is 1. The van der Waals surface area contributed by atoms with E-state index in [4.69, 9.17) is 9.72 Å². The van der Waals surface area contributed by atoms with Gasteiger partial charge in [0.2, 0.25) is 0 Å². The van der Waals surface area contributed by atoms with Gasteiger partial charge in [-0.1, -0.05) is 0 Å². The summed E-state index contributed by atoms with van der Waals surface area (Å²) in [6, 6.07) is 0. The van der Waals surface area contributed by atoms with E-state index in [-0.39, 0.29) is 0 Å². The third kappa shape index (κ3) is 1.89. The van der Waals surface area contributed by atoms with Crippen LogP contribution < -0.4 is 5.32 Å². The Bertz CT molecular complexity index is 385. The molecule has 88 valence electrons. The van der Waals surface area contributed by atoms with Gasteiger partial charge in [-0.15, -0.1) is 0 Å². The molecule has 0 spiro atoms. The number of hydrogen-bond donors (Lipinski definition) is 1. The Labute approximate surface area is 109 Å². The highest BCUT2D eigenvalue weighted by molar-refractivity contribution is 14.1. The fourth-order valence-electron chi connectivity index (χ4n) is 2.56. The van der Waals surface area contributed by atoms with E-state index in [1.165, 1.54) is 15.2 Å². The van der Waals surface area contributed by atoms with Crippen molar-refractivity contribution in [3.05, 3.63) is 15.2 Å². The van der Waals surface area contributed by atoms with Crippen LogP contribution in [0.25, 0.3) is 0 Å². The second-order valence-electron chi connectivity index (χ2n) is 4.42. The van der Waals surface area contributed by atoms with Gasteiger partial charge >= 0.3 is 0 Å². The van der Waals surface area contributed by atoms with E-state index in [1.807, 2.05) is 0 Å². The molecule has 0 aliphatic carbocycles. The van der Waals surface area contributed by atoms with E-state index in [0.29, 0.717) is 5.92 Å².